The number of hydrazine groups is 1. The second-order valence-corrected chi connectivity index (χ2v) is 7.31. The van der Waals surface area contributed by atoms with Crippen LogP contribution in [0.15, 0.2) is 24.3 Å². The van der Waals surface area contributed by atoms with Gasteiger partial charge in [0.15, 0.2) is 5.82 Å². The molecule has 0 bridgehead atoms. The molecule has 1 saturated heterocycles. The minimum Gasteiger partial charge on any atom is -0.376 e. The van der Waals surface area contributed by atoms with E-state index in [1.165, 1.54) is 0 Å². The van der Waals surface area contributed by atoms with Crippen molar-refractivity contribution in [3.05, 3.63) is 24.3 Å². The molecule has 4 rings (SSSR count). The zero-order valence-electron chi connectivity index (χ0n) is 16.0. The number of amides is 4. The largest absolute Gasteiger partial charge is 0.376 e. The zero-order chi connectivity index (χ0) is 20.4. The third-order valence-electron chi connectivity index (χ3n) is 5.30. The van der Waals surface area contributed by atoms with Crippen LogP contribution in [0, 0.1) is 0 Å². The Morgan fingerprint density at radius 3 is 2.76 bits per heavy atom. The van der Waals surface area contributed by atoms with Gasteiger partial charge in [-0.2, -0.15) is 5.01 Å². The summed E-state index contributed by atoms with van der Waals surface area (Å²) in [6.45, 7) is -0.107. The molecule has 152 valence electrons. The fourth-order valence-electron chi connectivity index (χ4n) is 3.80. The molecule has 3 N–H and O–H groups in total. The number of carbonyl (C=O) groups excluding carboxylic acids is 3. The Morgan fingerprint density at radius 1 is 1.24 bits per heavy atom. The number of nitrogens with one attached hydrogen (secondary N) is 3. The van der Waals surface area contributed by atoms with Gasteiger partial charge in [0, 0.05) is 18.3 Å². The zero-order valence-corrected chi connectivity index (χ0v) is 16.0. The van der Waals surface area contributed by atoms with E-state index >= 15 is 0 Å². The maximum atomic E-state index is 12.7. The second kappa shape index (κ2) is 7.49. The molecule has 1 aromatic carbocycles. The van der Waals surface area contributed by atoms with Crippen LogP contribution in [0.25, 0.3) is 11.4 Å². The van der Waals surface area contributed by atoms with E-state index in [2.05, 4.69) is 31.6 Å². The number of aromatic nitrogens is 4. The van der Waals surface area contributed by atoms with E-state index in [1.54, 1.807) is 17.8 Å². The Balaban J connectivity index is 1.37. The smallest absolute Gasteiger partial charge is 0.344 e. The molecule has 1 saturated carbocycles. The number of urea groups is 1. The SMILES string of the molecule is Cn1nnnc1-c1cccc(NCC(=O)NN2C(=O)NC3(CCCCC3)C2=O)c1. The lowest BCUT2D eigenvalue weighted by molar-refractivity contribution is -0.139. The summed E-state index contributed by atoms with van der Waals surface area (Å²) in [5, 5.41) is 17.9. The maximum Gasteiger partial charge on any atom is 0.344 e. The average molecular weight is 398 g/mol. The minimum atomic E-state index is -0.867. The van der Waals surface area contributed by atoms with Gasteiger partial charge in [-0.3, -0.25) is 15.0 Å². The standard InChI is InChI=1S/C18H22N8O3/c1-25-15(21-23-24-25)12-6-5-7-13(10-12)19-11-14(27)22-26-16(28)18(20-17(26)29)8-3-2-4-9-18/h5-7,10,19H,2-4,8-9,11H2,1H3,(H,20,29)(H,22,27). The maximum absolute atomic E-state index is 12.7. The van der Waals surface area contributed by atoms with Crippen LogP contribution in [0.3, 0.4) is 0 Å². The molecule has 0 radical (unpaired) electrons. The van der Waals surface area contributed by atoms with Crippen molar-refractivity contribution in [3.63, 3.8) is 0 Å². The summed E-state index contributed by atoms with van der Waals surface area (Å²) in [5.74, 6) is -0.283. The number of rotatable bonds is 5. The third-order valence-corrected chi connectivity index (χ3v) is 5.30. The lowest BCUT2D eigenvalue weighted by atomic mass is 9.82. The van der Waals surface area contributed by atoms with E-state index in [4.69, 9.17) is 0 Å². The summed E-state index contributed by atoms with van der Waals surface area (Å²) in [5.41, 5.74) is 3.01. The molecule has 2 heterocycles. The van der Waals surface area contributed by atoms with Gasteiger partial charge in [0.25, 0.3) is 11.8 Å². The van der Waals surface area contributed by atoms with Gasteiger partial charge in [-0.25, -0.2) is 9.48 Å². The molecular formula is C18H22N8O3. The summed E-state index contributed by atoms with van der Waals surface area (Å²) in [7, 11) is 1.74. The molecule has 2 aromatic rings. The van der Waals surface area contributed by atoms with Crippen LogP contribution < -0.4 is 16.1 Å². The second-order valence-electron chi connectivity index (χ2n) is 7.31. The quantitative estimate of drug-likeness (QED) is 0.627. The number of anilines is 1. The third kappa shape index (κ3) is 3.62. The molecule has 0 atom stereocenters. The first-order chi connectivity index (χ1) is 14.0. The van der Waals surface area contributed by atoms with Crippen LogP contribution in [0.5, 0.6) is 0 Å². The Hall–Kier alpha value is -3.50. The lowest BCUT2D eigenvalue weighted by Gasteiger charge is -2.30. The summed E-state index contributed by atoms with van der Waals surface area (Å²) in [6.07, 6.45) is 4.02. The fourth-order valence-corrected chi connectivity index (χ4v) is 3.80. The molecule has 1 aromatic heterocycles. The first-order valence-electron chi connectivity index (χ1n) is 9.51. The molecule has 2 aliphatic rings. The van der Waals surface area contributed by atoms with E-state index in [0.717, 1.165) is 29.8 Å². The van der Waals surface area contributed by atoms with E-state index in [-0.39, 0.29) is 12.5 Å². The number of benzene rings is 1. The summed E-state index contributed by atoms with van der Waals surface area (Å²) >= 11 is 0. The van der Waals surface area contributed by atoms with Crippen molar-refractivity contribution in [2.24, 2.45) is 7.05 Å². The number of tetrazole rings is 1. The first kappa shape index (κ1) is 18.8. The van der Waals surface area contributed by atoms with E-state index in [0.29, 0.717) is 24.4 Å². The van der Waals surface area contributed by atoms with Crippen molar-refractivity contribution in [1.29, 1.82) is 0 Å². The van der Waals surface area contributed by atoms with Gasteiger partial charge in [0.05, 0.1) is 6.54 Å². The number of nitrogens with zero attached hydrogens (tertiary/aromatic N) is 5. The molecule has 1 aliphatic carbocycles. The van der Waals surface area contributed by atoms with E-state index in [9.17, 15) is 14.4 Å². The Labute approximate surface area is 166 Å². The number of imide groups is 1. The van der Waals surface area contributed by atoms with Crippen LogP contribution in [0.1, 0.15) is 32.1 Å². The molecule has 1 spiro atoms. The molecule has 1 aliphatic heterocycles. The predicted octanol–water partition coefficient (Wildman–Crippen LogP) is 0.575. The normalized spacial score (nSPS) is 18.0. The van der Waals surface area contributed by atoms with Crippen molar-refractivity contribution in [3.8, 4) is 11.4 Å². The van der Waals surface area contributed by atoms with Crippen LogP contribution >= 0.6 is 0 Å². The predicted molar refractivity (Wildman–Crippen MR) is 102 cm³/mol. The lowest BCUT2D eigenvalue weighted by Crippen LogP contribution is -2.51. The number of hydrogen-bond donors (Lipinski definition) is 3. The summed E-state index contributed by atoms with van der Waals surface area (Å²) in [6, 6.07) is 6.69. The highest BCUT2D eigenvalue weighted by Gasteiger charge is 2.52. The molecule has 11 heteroatoms. The van der Waals surface area contributed by atoms with Crippen molar-refractivity contribution in [1.82, 2.24) is 36.0 Å². The fraction of sp³-hybridized carbons (Fsp3) is 0.444. The van der Waals surface area contributed by atoms with Crippen LogP contribution in [0.4, 0.5) is 10.5 Å². The topological polar surface area (TPSA) is 134 Å². The molecule has 29 heavy (non-hydrogen) atoms. The van der Waals surface area contributed by atoms with Crippen LogP contribution in [0.2, 0.25) is 0 Å². The summed E-state index contributed by atoms with van der Waals surface area (Å²) in [4.78, 5) is 37.2. The van der Waals surface area contributed by atoms with Gasteiger partial charge in [-0.1, -0.05) is 31.4 Å². The van der Waals surface area contributed by atoms with Crippen molar-refractivity contribution < 1.29 is 14.4 Å². The molecule has 2 fully saturated rings. The van der Waals surface area contributed by atoms with Crippen LogP contribution in [-0.4, -0.2) is 55.1 Å². The molecular weight excluding hydrogens is 376 g/mol. The number of carbonyl (C=O) groups is 3. The van der Waals surface area contributed by atoms with E-state index < -0.39 is 17.5 Å². The van der Waals surface area contributed by atoms with Crippen LogP contribution in [-0.2, 0) is 16.6 Å². The molecule has 11 nitrogen and oxygen atoms in total. The van der Waals surface area contributed by atoms with Crippen molar-refractivity contribution in [2.75, 3.05) is 11.9 Å². The van der Waals surface area contributed by atoms with Gasteiger partial charge in [-0.15, -0.1) is 5.10 Å². The number of aryl methyl sites for hydroxylation is 1. The summed E-state index contributed by atoms with van der Waals surface area (Å²) < 4.78 is 1.55. The highest BCUT2D eigenvalue weighted by atomic mass is 16.2. The van der Waals surface area contributed by atoms with Gasteiger partial charge in [-0.05, 0) is 35.4 Å². The minimum absolute atomic E-state index is 0.107. The van der Waals surface area contributed by atoms with Gasteiger partial charge >= 0.3 is 6.03 Å². The Bertz CT molecular complexity index is 950. The molecule has 4 amide bonds. The van der Waals surface area contributed by atoms with Gasteiger partial charge in [0.2, 0.25) is 0 Å². The highest BCUT2D eigenvalue weighted by molar-refractivity contribution is 6.08. The number of hydrogen-bond acceptors (Lipinski definition) is 7. The van der Waals surface area contributed by atoms with Crippen molar-refractivity contribution >= 4 is 23.5 Å². The Kier molecular flexibility index (Phi) is 4.87. The Morgan fingerprint density at radius 2 is 2.03 bits per heavy atom. The van der Waals surface area contributed by atoms with E-state index in [1.807, 2.05) is 18.2 Å². The highest BCUT2D eigenvalue weighted by Crippen LogP contribution is 2.33. The van der Waals surface area contributed by atoms with Gasteiger partial charge in [0.1, 0.15) is 5.54 Å². The van der Waals surface area contributed by atoms with Gasteiger partial charge < -0.3 is 10.6 Å². The van der Waals surface area contributed by atoms with Crippen molar-refractivity contribution in [2.45, 2.75) is 37.6 Å². The monoisotopic (exact) mass is 398 g/mol. The molecule has 0 unspecified atom stereocenters. The average Bonchev–Trinajstić information content (AvgIpc) is 3.24. The first-order valence-corrected chi connectivity index (χ1v) is 9.51.